The van der Waals surface area contributed by atoms with Gasteiger partial charge >= 0.3 is 5.97 Å². The molecule has 0 spiro atoms. The highest BCUT2D eigenvalue weighted by atomic mass is 16.5. The lowest BCUT2D eigenvalue weighted by molar-refractivity contribution is -0.139. The van der Waals surface area contributed by atoms with Crippen molar-refractivity contribution in [1.29, 1.82) is 0 Å². The molecule has 0 aliphatic carbocycles. The Kier molecular flexibility index (Phi) is 6.35. The van der Waals surface area contributed by atoms with Gasteiger partial charge in [0.2, 0.25) is 0 Å². The number of nitrogens with zero attached hydrogens (tertiary/aromatic N) is 1. The Bertz CT molecular complexity index is 1380. The predicted molar refractivity (Wildman–Crippen MR) is 132 cm³/mol. The summed E-state index contributed by atoms with van der Waals surface area (Å²) in [6, 6.07) is 27.0. The van der Waals surface area contributed by atoms with Crippen LogP contribution < -0.4 is 15.0 Å². The maximum atomic E-state index is 12.7. The number of para-hydroxylation sites is 2. The summed E-state index contributed by atoms with van der Waals surface area (Å²) in [6.45, 7) is 0.198. The van der Waals surface area contributed by atoms with E-state index in [4.69, 9.17) is 14.6 Å². The lowest BCUT2D eigenvalue weighted by atomic mass is 9.83. The van der Waals surface area contributed by atoms with Crippen molar-refractivity contribution in [3.8, 4) is 17.2 Å². The average molecular weight is 468 g/mol. The van der Waals surface area contributed by atoms with Gasteiger partial charge in [0.15, 0.2) is 6.61 Å². The van der Waals surface area contributed by atoms with Crippen molar-refractivity contribution < 1.29 is 19.4 Å². The first-order chi connectivity index (χ1) is 17.1. The van der Waals surface area contributed by atoms with Crippen molar-refractivity contribution in [2.75, 3.05) is 6.61 Å². The highest BCUT2D eigenvalue weighted by Gasteiger charge is 2.28. The van der Waals surface area contributed by atoms with E-state index in [0.29, 0.717) is 12.3 Å². The molecule has 0 saturated heterocycles. The number of aryl methyl sites for hydroxylation is 2. The van der Waals surface area contributed by atoms with E-state index < -0.39 is 5.97 Å². The number of aromatic nitrogens is 1. The molecule has 4 aromatic rings. The van der Waals surface area contributed by atoms with Gasteiger partial charge in [0.25, 0.3) is 5.56 Å². The molecule has 35 heavy (non-hydrogen) atoms. The minimum atomic E-state index is -1.01. The van der Waals surface area contributed by atoms with E-state index in [9.17, 15) is 9.59 Å². The second-order valence-electron chi connectivity index (χ2n) is 8.54. The largest absolute Gasteiger partial charge is 0.482 e. The number of carbonyl (C=O) groups is 1. The molecule has 0 atom stereocenters. The summed E-state index contributed by atoms with van der Waals surface area (Å²) < 4.78 is 13.2. The van der Waals surface area contributed by atoms with Gasteiger partial charge < -0.3 is 19.1 Å². The molecule has 0 saturated carbocycles. The number of fused-ring (bicyclic) bond motifs is 2. The second kappa shape index (κ2) is 9.89. The van der Waals surface area contributed by atoms with E-state index in [1.165, 1.54) is 0 Å². The number of benzene rings is 3. The second-order valence-corrected chi connectivity index (χ2v) is 8.54. The number of rotatable bonds is 8. The standard InChI is InChI=1S/C29H25NO5/c31-27-15-14-21(29-23-10-1-3-12-25(23)35-26-13-4-2-11-24(26)29)18-30(27)16-6-8-20-7-5-9-22(17-20)34-19-28(32)33/h1-5,7,9-15,17-18,29H,6,8,16,19H2,(H,32,33). The summed E-state index contributed by atoms with van der Waals surface area (Å²) in [5.41, 5.74) is 4.19. The van der Waals surface area contributed by atoms with Crippen molar-refractivity contribution in [3.63, 3.8) is 0 Å². The molecule has 1 aromatic heterocycles. The van der Waals surface area contributed by atoms with Crippen LogP contribution in [0.5, 0.6) is 17.2 Å². The zero-order valence-electron chi connectivity index (χ0n) is 19.1. The summed E-state index contributed by atoms with van der Waals surface area (Å²) in [6.07, 6.45) is 3.45. The summed E-state index contributed by atoms with van der Waals surface area (Å²) in [5, 5.41) is 8.80. The third-order valence-electron chi connectivity index (χ3n) is 6.14. The van der Waals surface area contributed by atoms with Gasteiger partial charge in [-0.1, -0.05) is 54.6 Å². The molecule has 1 aliphatic heterocycles. The van der Waals surface area contributed by atoms with E-state index in [-0.39, 0.29) is 18.1 Å². The minimum absolute atomic E-state index is 0.0222. The molecule has 0 radical (unpaired) electrons. The Balaban J connectivity index is 1.36. The Hall–Kier alpha value is -4.32. The van der Waals surface area contributed by atoms with Crippen molar-refractivity contribution >= 4 is 5.97 Å². The van der Waals surface area contributed by atoms with Gasteiger partial charge in [0, 0.05) is 35.9 Å². The van der Waals surface area contributed by atoms with Crippen LogP contribution in [-0.4, -0.2) is 22.2 Å². The summed E-state index contributed by atoms with van der Waals surface area (Å²) in [7, 11) is 0. The van der Waals surface area contributed by atoms with Crippen LogP contribution in [0.1, 0.15) is 34.6 Å². The third-order valence-corrected chi connectivity index (χ3v) is 6.14. The molecular weight excluding hydrogens is 442 g/mol. The monoisotopic (exact) mass is 467 g/mol. The fourth-order valence-corrected chi connectivity index (χ4v) is 4.55. The lowest BCUT2D eigenvalue weighted by Crippen LogP contribution is -2.21. The van der Waals surface area contributed by atoms with Gasteiger partial charge in [-0.05, 0) is 48.2 Å². The number of hydrogen-bond acceptors (Lipinski definition) is 4. The topological polar surface area (TPSA) is 77.8 Å². The van der Waals surface area contributed by atoms with E-state index in [1.54, 1.807) is 16.7 Å². The Morgan fingerprint density at radius 3 is 2.34 bits per heavy atom. The van der Waals surface area contributed by atoms with Crippen LogP contribution in [0.3, 0.4) is 0 Å². The average Bonchev–Trinajstić information content (AvgIpc) is 2.87. The summed E-state index contributed by atoms with van der Waals surface area (Å²) >= 11 is 0. The van der Waals surface area contributed by atoms with Gasteiger partial charge in [-0.3, -0.25) is 4.79 Å². The molecule has 0 unspecified atom stereocenters. The number of hydrogen-bond donors (Lipinski definition) is 1. The first kappa shape index (κ1) is 22.5. The molecule has 0 bridgehead atoms. The van der Waals surface area contributed by atoms with Crippen LogP contribution in [0.4, 0.5) is 0 Å². The number of ether oxygens (including phenoxy) is 2. The highest BCUT2D eigenvalue weighted by Crippen LogP contribution is 2.46. The van der Waals surface area contributed by atoms with Crippen LogP contribution in [0.15, 0.2) is 95.9 Å². The van der Waals surface area contributed by atoms with Gasteiger partial charge in [0.05, 0.1) is 0 Å². The molecular formula is C29H25NO5. The van der Waals surface area contributed by atoms with E-state index in [1.807, 2.05) is 66.9 Å². The van der Waals surface area contributed by atoms with E-state index in [2.05, 4.69) is 12.1 Å². The fraction of sp³-hybridized carbons (Fsp3) is 0.172. The molecule has 5 rings (SSSR count). The molecule has 2 heterocycles. The minimum Gasteiger partial charge on any atom is -0.482 e. The Labute approximate surface area is 203 Å². The van der Waals surface area contributed by atoms with Crippen LogP contribution in [-0.2, 0) is 17.8 Å². The zero-order chi connectivity index (χ0) is 24.2. The smallest absolute Gasteiger partial charge is 0.341 e. The number of carboxylic acids is 1. The molecule has 3 aromatic carbocycles. The SMILES string of the molecule is O=C(O)COc1cccc(CCCn2cc(C3c4ccccc4Oc4ccccc43)ccc2=O)c1. The Morgan fingerprint density at radius 1 is 0.914 bits per heavy atom. The van der Waals surface area contributed by atoms with Crippen LogP contribution in [0.2, 0.25) is 0 Å². The Morgan fingerprint density at radius 2 is 1.63 bits per heavy atom. The van der Waals surface area contributed by atoms with Crippen molar-refractivity contribution in [1.82, 2.24) is 4.57 Å². The fourth-order valence-electron chi connectivity index (χ4n) is 4.55. The van der Waals surface area contributed by atoms with Crippen LogP contribution in [0.25, 0.3) is 0 Å². The van der Waals surface area contributed by atoms with Gasteiger partial charge in [-0.25, -0.2) is 4.79 Å². The lowest BCUT2D eigenvalue weighted by Gasteiger charge is -2.28. The third kappa shape index (κ3) is 4.96. The van der Waals surface area contributed by atoms with Gasteiger partial charge in [-0.2, -0.15) is 0 Å². The maximum absolute atomic E-state index is 12.7. The maximum Gasteiger partial charge on any atom is 0.341 e. The first-order valence-electron chi connectivity index (χ1n) is 11.6. The van der Waals surface area contributed by atoms with Crippen LogP contribution >= 0.6 is 0 Å². The summed E-state index contributed by atoms with van der Waals surface area (Å²) in [5.74, 6) is 1.16. The molecule has 176 valence electrons. The van der Waals surface area contributed by atoms with Crippen molar-refractivity contribution in [3.05, 3.63) is 124 Å². The van der Waals surface area contributed by atoms with Crippen LogP contribution in [0, 0.1) is 0 Å². The number of pyridine rings is 1. The molecule has 1 N–H and O–H groups in total. The molecule has 0 amide bonds. The summed E-state index contributed by atoms with van der Waals surface area (Å²) in [4.78, 5) is 23.4. The van der Waals surface area contributed by atoms with Crippen molar-refractivity contribution in [2.45, 2.75) is 25.3 Å². The van der Waals surface area contributed by atoms with Gasteiger partial charge in [0.1, 0.15) is 17.2 Å². The quantitative estimate of drug-likeness (QED) is 0.338. The van der Waals surface area contributed by atoms with E-state index in [0.717, 1.165) is 46.6 Å². The number of aliphatic carboxylic acids is 1. The first-order valence-corrected chi connectivity index (χ1v) is 11.6. The van der Waals surface area contributed by atoms with E-state index >= 15 is 0 Å². The molecule has 0 fully saturated rings. The molecule has 1 aliphatic rings. The van der Waals surface area contributed by atoms with Gasteiger partial charge in [-0.15, -0.1) is 0 Å². The zero-order valence-corrected chi connectivity index (χ0v) is 19.1. The number of carboxylic acid groups (broad SMARTS) is 1. The van der Waals surface area contributed by atoms with Crippen molar-refractivity contribution in [2.24, 2.45) is 0 Å². The normalized spacial score (nSPS) is 12.3. The molecule has 6 nitrogen and oxygen atoms in total. The molecule has 6 heteroatoms. The predicted octanol–water partition coefficient (Wildman–Crippen LogP) is 5.23. The highest BCUT2D eigenvalue weighted by molar-refractivity contribution is 5.68.